The largest absolute Gasteiger partial charge is 0.391 e. The molecule has 1 aliphatic heterocycles. The van der Waals surface area contributed by atoms with Crippen LogP contribution in [0.25, 0.3) is 0 Å². The van der Waals surface area contributed by atoms with Gasteiger partial charge in [-0.05, 0) is 13.8 Å². The molecule has 1 aromatic rings. The summed E-state index contributed by atoms with van der Waals surface area (Å²) in [7, 11) is 0. The van der Waals surface area contributed by atoms with Gasteiger partial charge in [0.15, 0.2) is 6.10 Å². The van der Waals surface area contributed by atoms with E-state index in [4.69, 9.17) is 4.74 Å². The third-order valence-electron chi connectivity index (χ3n) is 3.19. The Hall–Kier alpha value is -1.58. The summed E-state index contributed by atoms with van der Waals surface area (Å²) >= 11 is 0. The van der Waals surface area contributed by atoms with Gasteiger partial charge < -0.3 is 14.9 Å². The van der Waals surface area contributed by atoms with Gasteiger partial charge in [0, 0.05) is 11.8 Å². The second-order valence-corrected chi connectivity index (χ2v) is 4.79. The molecular formula is C11H14F2N2O5. The molecule has 1 aromatic heterocycles. The van der Waals surface area contributed by atoms with E-state index >= 15 is 0 Å². The van der Waals surface area contributed by atoms with Crippen molar-refractivity contribution in [3.05, 3.63) is 32.6 Å². The number of rotatable bonds is 2. The molecule has 112 valence electrons. The van der Waals surface area contributed by atoms with E-state index in [1.165, 1.54) is 13.8 Å². The minimum atomic E-state index is -3.78. The Balaban J connectivity index is 2.51. The Kier molecular flexibility index (Phi) is 3.53. The van der Waals surface area contributed by atoms with E-state index in [-0.39, 0.29) is 5.56 Å². The zero-order valence-electron chi connectivity index (χ0n) is 10.7. The number of aliphatic hydroxyl groups excluding tert-OH is 2. The summed E-state index contributed by atoms with van der Waals surface area (Å²) in [5.41, 5.74) is -1.73. The summed E-state index contributed by atoms with van der Waals surface area (Å²) in [5.74, 6) is -3.78. The molecule has 0 bridgehead atoms. The summed E-state index contributed by atoms with van der Waals surface area (Å²) in [6, 6.07) is 0. The second-order valence-electron chi connectivity index (χ2n) is 4.79. The molecule has 0 aromatic carbocycles. The number of aliphatic hydroxyl groups is 2. The maximum absolute atomic E-state index is 14.0. The normalized spacial score (nSPS) is 30.4. The van der Waals surface area contributed by atoms with Crippen LogP contribution in [0.3, 0.4) is 0 Å². The molecule has 2 rings (SSSR count). The molecular weight excluding hydrogens is 278 g/mol. The molecule has 9 heteroatoms. The van der Waals surface area contributed by atoms with Crippen LogP contribution in [0, 0.1) is 6.92 Å². The van der Waals surface area contributed by atoms with E-state index in [1.54, 1.807) is 0 Å². The first-order chi connectivity index (χ1) is 9.16. The van der Waals surface area contributed by atoms with E-state index in [1.807, 2.05) is 4.98 Å². The van der Waals surface area contributed by atoms with Gasteiger partial charge >= 0.3 is 11.6 Å². The monoisotopic (exact) mass is 292 g/mol. The lowest BCUT2D eigenvalue weighted by Gasteiger charge is -2.21. The number of nitrogens with one attached hydrogen (secondary N) is 1. The van der Waals surface area contributed by atoms with E-state index in [0.29, 0.717) is 4.57 Å². The van der Waals surface area contributed by atoms with E-state index in [9.17, 15) is 28.6 Å². The number of ether oxygens (including phenoxy) is 1. The van der Waals surface area contributed by atoms with Crippen molar-refractivity contribution in [1.82, 2.24) is 9.55 Å². The van der Waals surface area contributed by atoms with Gasteiger partial charge in [-0.25, -0.2) is 4.79 Å². The lowest BCUT2D eigenvalue weighted by atomic mass is 10.1. The van der Waals surface area contributed by atoms with Crippen LogP contribution >= 0.6 is 0 Å². The van der Waals surface area contributed by atoms with Crippen LogP contribution in [0.1, 0.15) is 18.7 Å². The van der Waals surface area contributed by atoms with Gasteiger partial charge in [-0.1, -0.05) is 0 Å². The fourth-order valence-electron chi connectivity index (χ4n) is 2.07. The highest BCUT2D eigenvalue weighted by atomic mass is 19.3. The van der Waals surface area contributed by atoms with Crippen molar-refractivity contribution in [3.63, 3.8) is 0 Å². The van der Waals surface area contributed by atoms with Crippen molar-refractivity contribution in [2.24, 2.45) is 0 Å². The SMILES string of the molecule is Cc1cn([C@@H]2O[C@H](C(C)O)[C@@H](O)C2(F)F)c(=O)[nH]c1=O. The van der Waals surface area contributed by atoms with Crippen LogP contribution in [0.15, 0.2) is 15.8 Å². The Morgan fingerprint density at radius 2 is 2.10 bits per heavy atom. The second kappa shape index (κ2) is 4.76. The minimum absolute atomic E-state index is 0.0407. The van der Waals surface area contributed by atoms with Gasteiger partial charge in [-0.15, -0.1) is 0 Å². The Bertz CT molecular complexity index is 624. The quantitative estimate of drug-likeness (QED) is 0.656. The van der Waals surface area contributed by atoms with E-state index in [0.717, 1.165) is 6.20 Å². The number of nitrogens with zero attached hydrogens (tertiary/aromatic N) is 1. The fourth-order valence-corrected chi connectivity index (χ4v) is 2.07. The summed E-state index contributed by atoms with van der Waals surface area (Å²) in [6.07, 6.45) is -6.31. The molecule has 20 heavy (non-hydrogen) atoms. The fraction of sp³-hybridized carbons (Fsp3) is 0.636. The highest BCUT2D eigenvalue weighted by Crippen LogP contribution is 2.42. The summed E-state index contributed by atoms with van der Waals surface area (Å²) in [4.78, 5) is 24.7. The number of alkyl halides is 2. The van der Waals surface area contributed by atoms with Crippen molar-refractivity contribution < 1.29 is 23.7 Å². The Morgan fingerprint density at radius 1 is 1.50 bits per heavy atom. The number of halogens is 2. The van der Waals surface area contributed by atoms with Crippen LogP contribution in [0.5, 0.6) is 0 Å². The van der Waals surface area contributed by atoms with Crippen molar-refractivity contribution >= 4 is 0 Å². The summed E-state index contributed by atoms with van der Waals surface area (Å²) in [6.45, 7) is 2.53. The molecule has 7 nitrogen and oxygen atoms in total. The van der Waals surface area contributed by atoms with Crippen LogP contribution < -0.4 is 11.2 Å². The average molecular weight is 292 g/mol. The molecule has 1 fully saturated rings. The highest BCUT2D eigenvalue weighted by Gasteiger charge is 2.60. The van der Waals surface area contributed by atoms with Crippen molar-refractivity contribution in [3.8, 4) is 0 Å². The first-order valence-electron chi connectivity index (χ1n) is 5.87. The molecule has 1 aliphatic rings. The van der Waals surface area contributed by atoms with E-state index < -0.39 is 41.7 Å². The van der Waals surface area contributed by atoms with Crippen LogP contribution in [0.2, 0.25) is 0 Å². The third kappa shape index (κ3) is 2.17. The first-order valence-corrected chi connectivity index (χ1v) is 5.87. The Morgan fingerprint density at radius 3 is 2.60 bits per heavy atom. The number of aromatic amines is 1. The molecule has 2 heterocycles. The number of aromatic nitrogens is 2. The van der Waals surface area contributed by atoms with Crippen molar-refractivity contribution in [2.45, 2.75) is 44.3 Å². The zero-order valence-corrected chi connectivity index (χ0v) is 10.7. The molecule has 0 spiro atoms. The van der Waals surface area contributed by atoms with E-state index in [2.05, 4.69) is 0 Å². The average Bonchev–Trinajstić information content (AvgIpc) is 2.56. The molecule has 0 aliphatic carbocycles. The van der Waals surface area contributed by atoms with Gasteiger partial charge in [0.2, 0.25) is 6.23 Å². The summed E-state index contributed by atoms with van der Waals surface area (Å²) in [5, 5.41) is 18.8. The lowest BCUT2D eigenvalue weighted by molar-refractivity contribution is -0.141. The van der Waals surface area contributed by atoms with Crippen LogP contribution in [-0.2, 0) is 4.74 Å². The smallest absolute Gasteiger partial charge is 0.330 e. The maximum atomic E-state index is 14.0. The van der Waals surface area contributed by atoms with Crippen molar-refractivity contribution in [1.29, 1.82) is 0 Å². The standard InChI is InChI=1S/C11H14F2N2O5/c1-4-3-15(10(19)14-8(4)18)9-11(12,13)7(17)6(20-9)5(2)16/h3,5-7,9,16-17H,1-2H3,(H,14,18,19)/t5?,6-,7-,9-/m1/s1. The Labute approximate surface area is 111 Å². The first kappa shape index (κ1) is 14.8. The summed E-state index contributed by atoms with van der Waals surface area (Å²) < 4.78 is 33.4. The number of H-pyrrole nitrogens is 1. The molecule has 1 unspecified atom stereocenters. The molecule has 0 amide bonds. The molecule has 1 saturated heterocycles. The zero-order chi connectivity index (χ0) is 15.2. The van der Waals surface area contributed by atoms with Gasteiger partial charge in [0.1, 0.15) is 6.10 Å². The lowest BCUT2D eigenvalue weighted by Crippen LogP contribution is -2.44. The highest BCUT2D eigenvalue weighted by molar-refractivity contribution is 5.05. The van der Waals surface area contributed by atoms with Crippen molar-refractivity contribution in [2.75, 3.05) is 0 Å². The molecule has 3 N–H and O–H groups in total. The number of aryl methyl sites for hydroxylation is 1. The number of hydrogen-bond donors (Lipinski definition) is 3. The topological polar surface area (TPSA) is 105 Å². The van der Waals surface area contributed by atoms with Gasteiger partial charge in [-0.3, -0.25) is 14.3 Å². The molecule has 4 atom stereocenters. The van der Waals surface area contributed by atoms with Gasteiger partial charge in [-0.2, -0.15) is 8.78 Å². The third-order valence-corrected chi connectivity index (χ3v) is 3.19. The predicted molar refractivity (Wildman–Crippen MR) is 62.6 cm³/mol. The van der Waals surface area contributed by atoms with Gasteiger partial charge in [0.05, 0.1) is 6.10 Å². The minimum Gasteiger partial charge on any atom is -0.391 e. The van der Waals surface area contributed by atoms with Gasteiger partial charge in [0.25, 0.3) is 5.56 Å². The number of hydrogen-bond acceptors (Lipinski definition) is 5. The molecule has 0 radical (unpaired) electrons. The predicted octanol–water partition coefficient (Wildman–Crippen LogP) is -0.881. The van der Waals surface area contributed by atoms with Crippen LogP contribution in [-0.4, -0.2) is 44.0 Å². The van der Waals surface area contributed by atoms with Crippen LogP contribution in [0.4, 0.5) is 8.78 Å². The maximum Gasteiger partial charge on any atom is 0.330 e. The molecule has 0 saturated carbocycles.